The molecule has 0 bridgehead atoms. The smallest absolute Gasteiger partial charge is 0.0242 e. The molecule has 0 aromatic heterocycles. The van der Waals surface area contributed by atoms with Crippen molar-refractivity contribution in [2.24, 2.45) is 0 Å². The summed E-state index contributed by atoms with van der Waals surface area (Å²) in [5.74, 6) is 5.28. The molecule has 0 atom stereocenters. The van der Waals surface area contributed by atoms with E-state index in [0.717, 1.165) is 30.8 Å². The molecule has 0 aliphatic rings. The predicted molar refractivity (Wildman–Crippen MR) is 88.5 cm³/mol. The van der Waals surface area contributed by atoms with Crippen LogP contribution in [0.5, 0.6) is 0 Å². The predicted octanol–water partition coefficient (Wildman–Crippen LogP) is 3.67. The molecule has 0 fully saturated rings. The zero-order chi connectivity index (χ0) is 15.1. The van der Waals surface area contributed by atoms with E-state index in [1.807, 2.05) is 24.3 Å². The summed E-state index contributed by atoms with van der Waals surface area (Å²) in [6, 6.07) is 16.3. The molecule has 0 saturated heterocycles. The molecular formula is C20H19N. The molecule has 21 heavy (non-hydrogen) atoms. The molecule has 2 aromatic carbocycles. The van der Waals surface area contributed by atoms with Gasteiger partial charge in [0.15, 0.2) is 0 Å². The van der Waals surface area contributed by atoms with Crippen LogP contribution in [0.4, 0.5) is 0 Å². The van der Waals surface area contributed by atoms with Gasteiger partial charge in [-0.05, 0) is 41.9 Å². The number of hydrogen-bond donors (Lipinski definition) is 0. The molecule has 1 nitrogen and oxygen atoms in total. The lowest BCUT2D eigenvalue weighted by atomic mass is 10.1. The van der Waals surface area contributed by atoms with Crippen molar-refractivity contribution in [1.29, 1.82) is 0 Å². The van der Waals surface area contributed by atoms with E-state index in [1.165, 1.54) is 11.1 Å². The van der Waals surface area contributed by atoms with Crippen molar-refractivity contribution in [2.45, 2.75) is 20.0 Å². The van der Waals surface area contributed by atoms with Crippen LogP contribution in [0.25, 0.3) is 0 Å². The normalized spacial score (nSPS) is 10.1. The van der Waals surface area contributed by atoms with Crippen molar-refractivity contribution in [2.75, 3.05) is 6.54 Å². The van der Waals surface area contributed by atoms with Crippen LogP contribution in [0.1, 0.15) is 29.2 Å². The zero-order valence-corrected chi connectivity index (χ0v) is 12.3. The van der Waals surface area contributed by atoms with Crippen molar-refractivity contribution in [3.05, 3.63) is 70.8 Å². The summed E-state index contributed by atoms with van der Waals surface area (Å²) in [6.07, 6.45) is 10.8. The van der Waals surface area contributed by atoms with E-state index in [-0.39, 0.29) is 0 Å². The third-order valence-corrected chi connectivity index (χ3v) is 3.50. The van der Waals surface area contributed by atoms with Gasteiger partial charge in [-0.2, -0.15) is 0 Å². The maximum atomic E-state index is 5.38. The van der Waals surface area contributed by atoms with Gasteiger partial charge in [0.2, 0.25) is 0 Å². The molecule has 2 rings (SSSR count). The molecule has 104 valence electrons. The average Bonchev–Trinajstić information content (AvgIpc) is 2.55. The van der Waals surface area contributed by atoms with E-state index >= 15 is 0 Å². The standard InChI is InChI=1S/C20H19N/c1-4-17-7-11-19(12-8-17)15-21(6-3)16-20-13-9-18(5-2)10-14-20/h1-2,7-14H,6,15-16H2,3H3. The molecule has 0 heterocycles. The van der Waals surface area contributed by atoms with Gasteiger partial charge in [0.05, 0.1) is 0 Å². The van der Waals surface area contributed by atoms with Gasteiger partial charge in [-0.25, -0.2) is 0 Å². The van der Waals surface area contributed by atoms with Crippen LogP contribution in [0.3, 0.4) is 0 Å². The van der Waals surface area contributed by atoms with E-state index in [2.05, 4.69) is 47.9 Å². The first-order valence-corrected chi connectivity index (χ1v) is 7.08. The molecule has 0 radical (unpaired) electrons. The van der Waals surface area contributed by atoms with Crippen LogP contribution in [0, 0.1) is 24.7 Å². The Morgan fingerprint density at radius 3 is 1.43 bits per heavy atom. The minimum atomic E-state index is 0.915. The minimum Gasteiger partial charge on any atom is -0.295 e. The molecular weight excluding hydrogens is 254 g/mol. The van der Waals surface area contributed by atoms with Gasteiger partial charge in [-0.1, -0.05) is 43.0 Å². The first-order chi connectivity index (χ1) is 10.2. The van der Waals surface area contributed by atoms with Gasteiger partial charge in [-0.3, -0.25) is 4.90 Å². The van der Waals surface area contributed by atoms with Gasteiger partial charge >= 0.3 is 0 Å². The Balaban J connectivity index is 2.02. The van der Waals surface area contributed by atoms with Gasteiger partial charge < -0.3 is 0 Å². The minimum absolute atomic E-state index is 0.915. The summed E-state index contributed by atoms with van der Waals surface area (Å²) < 4.78 is 0. The first kappa shape index (κ1) is 14.9. The van der Waals surface area contributed by atoms with Crippen molar-refractivity contribution in [1.82, 2.24) is 4.90 Å². The second-order valence-corrected chi connectivity index (χ2v) is 4.99. The largest absolute Gasteiger partial charge is 0.295 e. The molecule has 1 heteroatoms. The average molecular weight is 273 g/mol. The molecule has 2 aromatic rings. The number of benzene rings is 2. The van der Waals surface area contributed by atoms with Crippen molar-refractivity contribution < 1.29 is 0 Å². The highest BCUT2D eigenvalue weighted by Gasteiger charge is 2.05. The second-order valence-electron chi connectivity index (χ2n) is 4.99. The van der Waals surface area contributed by atoms with Crippen LogP contribution < -0.4 is 0 Å². The summed E-state index contributed by atoms with van der Waals surface area (Å²) in [7, 11) is 0. The molecule has 0 amide bonds. The molecule has 0 spiro atoms. The van der Waals surface area contributed by atoms with Gasteiger partial charge in [0, 0.05) is 24.2 Å². The van der Waals surface area contributed by atoms with Crippen LogP contribution in [0.15, 0.2) is 48.5 Å². The van der Waals surface area contributed by atoms with Gasteiger partial charge in [-0.15, -0.1) is 12.8 Å². The number of terminal acetylenes is 2. The van der Waals surface area contributed by atoms with Gasteiger partial charge in [0.1, 0.15) is 0 Å². The highest BCUT2D eigenvalue weighted by molar-refractivity contribution is 5.35. The molecule has 0 unspecified atom stereocenters. The molecule has 0 aliphatic heterocycles. The van der Waals surface area contributed by atoms with Crippen molar-refractivity contribution >= 4 is 0 Å². The summed E-state index contributed by atoms with van der Waals surface area (Å²) >= 11 is 0. The van der Waals surface area contributed by atoms with E-state index in [0.29, 0.717) is 0 Å². The monoisotopic (exact) mass is 273 g/mol. The van der Waals surface area contributed by atoms with Crippen molar-refractivity contribution in [3.8, 4) is 24.7 Å². The van der Waals surface area contributed by atoms with Crippen molar-refractivity contribution in [3.63, 3.8) is 0 Å². The maximum Gasteiger partial charge on any atom is 0.0242 e. The molecule has 0 N–H and O–H groups in total. The van der Waals surface area contributed by atoms with Gasteiger partial charge in [0.25, 0.3) is 0 Å². The Hall–Kier alpha value is -2.48. The fraction of sp³-hybridized carbons (Fsp3) is 0.200. The highest BCUT2D eigenvalue weighted by Crippen LogP contribution is 2.11. The highest BCUT2D eigenvalue weighted by atomic mass is 15.1. The molecule has 0 aliphatic carbocycles. The fourth-order valence-corrected chi connectivity index (χ4v) is 2.21. The van der Waals surface area contributed by atoms with Crippen LogP contribution in [-0.2, 0) is 13.1 Å². The Kier molecular flexibility index (Phi) is 5.22. The Morgan fingerprint density at radius 1 is 0.762 bits per heavy atom. The second kappa shape index (κ2) is 7.34. The van der Waals surface area contributed by atoms with Crippen LogP contribution >= 0.6 is 0 Å². The summed E-state index contributed by atoms with van der Waals surface area (Å²) in [5.41, 5.74) is 4.39. The van der Waals surface area contributed by atoms with E-state index in [4.69, 9.17) is 12.8 Å². The SMILES string of the molecule is C#Cc1ccc(CN(CC)Cc2ccc(C#C)cc2)cc1. The lowest BCUT2D eigenvalue weighted by Gasteiger charge is -2.20. The van der Waals surface area contributed by atoms with Crippen LogP contribution in [-0.4, -0.2) is 11.4 Å². The third-order valence-electron chi connectivity index (χ3n) is 3.50. The number of hydrogen-bond acceptors (Lipinski definition) is 1. The number of rotatable bonds is 5. The Morgan fingerprint density at radius 2 is 1.14 bits per heavy atom. The third kappa shape index (κ3) is 4.25. The topological polar surface area (TPSA) is 3.24 Å². The quantitative estimate of drug-likeness (QED) is 0.751. The zero-order valence-electron chi connectivity index (χ0n) is 12.3. The maximum absolute atomic E-state index is 5.38. The Labute approximate surface area is 127 Å². The van der Waals surface area contributed by atoms with E-state index in [9.17, 15) is 0 Å². The summed E-state index contributed by atoms with van der Waals surface area (Å²) in [6.45, 7) is 5.00. The first-order valence-electron chi connectivity index (χ1n) is 7.08. The summed E-state index contributed by atoms with van der Waals surface area (Å²) in [5, 5.41) is 0. The lowest BCUT2D eigenvalue weighted by molar-refractivity contribution is 0.271. The lowest BCUT2D eigenvalue weighted by Crippen LogP contribution is -2.22. The van der Waals surface area contributed by atoms with E-state index < -0.39 is 0 Å². The Bertz CT molecular complexity index is 591. The van der Waals surface area contributed by atoms with E-state index in [1.54, 1.807) is 0 Å². The molecule has 0 saturated carbocycles. The number of nitrogens with zero attached hydrogens (tertiary/aromatic N) is 1. The fourth-order valence-electron chi connectivity index (χ4n) is 2.21. The van der Waals surface area contributed by atoms with Crippen LogP contribution in [0.2, 0.25) is 0 Å². The summed E-state index contributed by atoms with van der Waals surface area (Å²) in [4.78, 5) is 2.38.